The van der Waals surface area contributed by atoms with Gasteiger partial charge in [-0.25, -0.2) is 4.79 Å². The maximum Gasteiger partial charge on any atom is 0.412 e. The van der Waals surface area contributed by atoms with Crippen LogP contribution in [0.25, 0.3) is 0 Å². The third-order valence-electron chi connectivity index (χ3n) is 2.45. The Morgan fingerprint density at radius 3 is 2.44 bits per heavy atom. The van der Waals surface area contributed by atoms with Crippen molar-refractivity contribution >= 4 is 23.3 Å². The van der Waals surface area contributed by atoms with Gasteiger partial charge in [0.1, 0.15) is 10.6 Å². The monoisotopic (exact) mass is 270 g/mol. The van der Waals surface area contributed by atoms with E-state index in [1.807, 2.05) is 27.0 Å². The number of nitrogens with one attached hydrogen (secondary N) is 1. The van der Waals surface area contributed by atoms with Gasteiger partial charge in [-0.2, -0.15) is 0 Å². The first-order chi connectivity index (χ1) is 8.37. The van der Waals surface area contributed by atoms with E-state index in [2.05, 4.69) is 10.2 Å². The molecule has 102 valence electrons. The van der Waals surface area contributed by atoms with Crippen LogP contribution < -0.4 is 5.32 Å². The fraction of sp³-hybridized carbons (Fsp3) is 0.692. The van der Waals surface area contributed by atoms with E-state index in [1.165, 1.54) is 19.3 Å². The highest BCUT2D eigenvalue weighted by Crippen LogP contribution is 2.09. The highest BCUT2D eigenvalue weighted by atomic mass is 32.1. The minimum atomic E-state index is -0.504. The normalized spacial score (nSPS) is 16.7. The van der Waals surface area contributed by atoms with Crippen LogP contribution in [-0.2, 0) is 4.74 Å². The molecular formula is C13H22N2O2S. The summed E-state index contributed by atoms with van der Waals surface area (Å²) >= 11 is 5.06. The molecule has 1 fully saturated rings. The standard InChI is InChI=1S/C13H22N2O2S/c1-13(2,3)17-12(16)14-11(18)7-10-15-8-5-4-6-9-15/h7,10H,4-6,8-9H2,1-3H3,(H,14,16,18)/b10-7+. The van der Waals surface area contributed by atoms with Crippen molar-refractivity contribution < 1.29 is 9.53 Å². The largest absolute Gasteiger partial charge is 0.444 e. The first-order valence-corrected chi connectivity index (χ1v) is 6.74. The molecule has 0 bridgehead atoms. The highest BCUT2D eigenvalue weighted by molar-refractivity contribution is 7.80. The number of hydrogen-bond acceptors (Lipinski definition) is 4. The summed E-state index contributed by atoms with van der Waals surface area (Å²) in [7, 11) is 0. The topological polar surface area (TPSA) is 41.6 Å². The Morgan fingerprint density at radius 2 is 1.89 bits per heavy atom. The molecule has 5 heteroatoms. The van der Waals surface area contributed by atoms with Crippen LogP contribution in [0.4, 0.5) is 4.79 Å². The molecule has 1 rings (SSSR count). The molecule has 0 aromatic carbocycles. The van der Waals surface area contributed by atoms with Crippen molar-refractivity contribution in [2.75, 3.05) is 13.1 Å². The lowest BCUT2D eigenvalue weighted by molar-refractivity contribution is 0.0564. The minimum Gasteiger partial charge on any atom is -0.444 e. The third kappa shape index (κ3) is 6.59. The predicted octanol–water partition coefficient (Wildman–Crippen LogP) is 2.84. The van der Waals surface area contributed by atoms with Crippen molar-refractivity contribution in [3.05, 3.63) is 12.3 Å². The number of nitrogens with zero attached hydrogens (tertiary/aromatic N) is 1. The van der Waals surface area contributed by atoms with Gasteiger partial charge in [0.15, 0.2) is 0 Å². The summed E-state index contributed by atoms with van der Waals surface area (Å²) in [6.07, 6.45) is 6.91. The van der Waals surface area contributed by atoms with Crippen LogP contribution in [-0.4, -0.2) is 34.7 Å². The van der Waals surface area contributed by atoms with Crippen LogP contribution in [0.2, 0.25) is 0 Å². The quantitative estimate of drug-likeness (QED) is 0.619. The lowest BCUT2D eigenvalue weighted by Gasteiger charge is -2.24. The molecule has 0 unspecified atom stereocenters. The summed E-state index contributed by atoms with van der Waals surface area (Å²) < 4.78 is 5.12. The maximum absolute atomic E-state index is 11.5. The molecule has 1 N–H and O–H groups in total. The number of amides is 1. The number of carbonyl (C=O) groups is 1. The average molecular weight is 270 g/mol. The number of likely N-dealkylation sites (tertiary alicyclic amines) is 1. The molecule has 0 spiro atoms. The van der Waals surface area contributed by atoms with Crippen LogP contribution in [0.5, 0.6) is 0 Å². The zero-order valence-electron chi connectivity index (χ0n) is 11.4. The molecule has 18 heavy (non-hydrogen) atoms. The van der Waals surface area contributed by atoms with Gasteiger partial charge in [-0.3, -0.25) is 5.32 Å². The van der Waals surface area contributed by atoms with Gasteiger partial charge in [-0.15, -0.1) is 0 Å². The number of carbonyl (C=O) groups excluding carboxylic acids is 1. The number of thiocarbonyl (C=S) groups is 1. The summed E-state index contributed by atoms with van der Waals surface area (Å²) in [4.78, 5) is 14.1. The first-order valence-electron chi connectivity index (χ1n) is 6.33. The van der Waals surface area contributed by atoms with Gasteiger partial charge in [0, 0.05) is 19.3 Å². The molecule has 0 atom stereocenters. The molecular weight excluding hydrogens is 248 g/mol. The van der Waals surface area contributed by atoms with Crippen molar-refractivity contribution in [2.24, 2.45) is 0 Å². The number of alkyl carbamates (subject to hydrolysis) is 1. The number of rotatable bonds is 2. The van der Waals surface area contributed by atoms with Crippen molar-refractivity contribution in [2.45, 2.75) is 45.6 Å². The molecule has 1 aliphatic heterocycles. The van der Waals surface area contributed by atoms with Crippen LogP contribution in [0.15, 0.2) is 12.3 Å². The lowest BCUT2D eigenvalue weighted by Crippen LogP contribution is -2.35. The highest BCUT2D eigenvalue weighted by Gasteiger charge is 2.16. The number of piperidine rings is 1. The van der Waals surface area contributed by atoms with E-state index in [0.29, 0.717) is 4.99 Å². The fourth-order valence-corrected chi connectivity index (χ4v) is 1.83. The van der Waals surface area contributed by atoms with Crippen LogP contribution in [0.1, 0.15) is 40.0 Å². The van der Waals surface area contributed by atoms with Gasteiger partial charge < -0.3 is 9.64 Å². The molecule has 1 amide bonds. The molecule has 1 saturated heterocycles. The lowest BCUT2D eigenvalue weighted by atomic mass is 10.1. The molecule has 0 saturated carbocycles. The third-order valence-corrected chi connectivity index (χ3v) is 2.69. The Hall–Kier alpha value is -1.10. The van der Waals surface area contributed by atoms with Crippen molar-refractivity contribution in [1.29, 1.82) is 0 Å². The van der Waals surface area contributed by atoms with E-state index in [9.17, 15) is 4.79 Å². The van der Waals surface area contributed by atoms with E-state index in [0.717, 1.165) is 13.1 Å². The molecule has 0 radical (unpaired) electrons. The van der Waals surface area contributed by atoms with Gasteiger partial charge in [0.2, 0.25) is 0 Å². The Balaban J connectivity index is 2.32. The molecule has 0 aromatic heterocycles. The second-order valence-corrected chi connectivity index (χ2v) is 5.84. The van der Waals surface area contributed by atoms with Crippen LogP contribution >= 0.6 is 12.2 Å². The van der Waals surface area contributed by atoms with Crippen molar-refractivity contribution in [1.82, 2.24) is 10.2 Å². The predicted molar refractivity (Wildman–Crippen MR) is 76.5 cm³/mol. The number of hydrogen-bond donors (Lipinski definition) is 1. The molecule has 0 aliphatic carbocycles. The van der Waals surface area contributed by atoms with E-state index in [1.54, 1.807) is 6.08 Å². The fourth-order valence-electron chi connectivity index (χ4n) is 1.69. The van der Waals surface area contributed by atoms with Crippen molar-refractivity contribution in [3.63, 3.8) is 0 Å². The summed E-state index contributed by atoms with van der Waals surface area (Å²) in [6, 6.07) is 0. The van der Waals surface area contributed by atoms with Crippen LogP contribution in [0.3, 0.4) is 0 Å². The molecule has 1 heterocycles. The Bertz CT molecular complexity index is 328. The summed E-state index contributed by atoms with van der Waals surface area (Å²) in [5.74, 6) is 0. The second-order valence-electron chi connectivity index (χ2n) is 5.40. The molecule has 4 nitrogen and oxygen atoms in total. The van der Waals surface area contributed by atoms with Gasteiger partial charge in [0.25, 0.3) is 0 Å². The van der Waals surface area contributed by atoms with E-state index in [4.69, 9.17) is 17.0 Å². The average Bonchev–Trinajstić information content (AvgIpc) is 2.25. The summed E-state index contributed by atoms with van der Waals surface area (Å²) in [5.41, 5.74) is -0.504. The minimum absolute atomic E-state index is 0.384. The van der Waals surface area contributed by atoms with Crippen molar-refractivity contribution in [3.8, 4) is 0 Å². The van der Waals surface area contributed by atoms with Gasteiger partial charge in [0.05, 0.1) is 0 Å². The van der Waals surface area contributed by atoms with E-state index < -0.39 is 11.7 Å². The summed E-state index contributed by atoms with van der Waals surface area (Å²) in [6.45, 7) is 7.58. The molecule has 0 aromatic rings. The Kier molecular flexibility index (Phi) is 5.59. The Labute approximate surface area is 114 Å². The first kappa shape index (κ1) is 15.0. The second kappa shape index (κ2) is 6.73. The SMILES string of the molecule is CC(C)(C)OC(=O)NC(=S)/C=C/N1CCCCC1. The zero-order chi connectivity index (χ0) is 13.6. The Morgan fingerprint density at radius 1 is 1.28 bits per heavy atom. The zero-order valence-corrected chi connectivity index (χ0v) is 12.2. The van der Waals surface area contributed by atoms with E-state index >= 15 is 0 Å². The molecule has 1 aliphatic rings. The maximum atomic E-state index is 11.5. The smallest absolute Gasteiger partial charge is 0.412 e. The van der Waals surface area contributed by atoms with Crippen LogP contribution in [0, 0.1) is 0 Å². The van der Waals surface area contributed by atoms with Gasteiger partial charge in [-0.05, 0) is 46.1 Å². The summed E-state index contributed by atoms with van der Waals surface area (Å²) in [5, 5.41) is 2.53. The van der Waals surface area contributed by atoms with Gasteiger partial charge in [-0.1, -0.05) is 12.2 Å². The number of ether oxygens (including phenoxy) is 1. The van der Waals surface area contributed by atoms with E-state index in [-0.39, 0.29) is 0 Å². The van der Waals surface area contributed by atoms with Gasteiger partial charge >= 0.3 is 6.09 Å².